The van der Waals surface area contributed by atoms with E-state index in [0.29, 0.717) is 5.75 Å². The minimum absolute atomic E-state index is 0. The highest BCUT2D eigenvalue weighted by molar-refractivity contribution is 5.85. The molecule has 1 N–H and O–H groups in total. The quantitative estimate of drug-likeness (QED) is 0.787. The maximum atomic E-state index is 12.6. The van der Waals surface area contributed by atoms with Crippen molar-refractivity contribution in [2.24, 2.45) is 0 Å². The molecule has 1 fully saturated rings. The van der Waals surface area contributed by atoms with Gasteiger partial charge in [0.25, 0.3) is 0 Å². The Morgan fingerprint density at radius 3 is 2.78 bits per heavy atom. The van der Waals surface area contributed by atoms with Crippen LogP contribution in [-0.2, 0) is 6.18 Å². The molecule has 2 heterocycles. The van der Waals surface area contributed by atoms with E-state index in [1.807, 2.05) is 0 Å². The molecule has 0 radical (unpaired) electrons. The fourth-order valence-corrected chi connectivity index (χ4v) is 2.53. The van der Waals surface area contributed by atoms with Crippen LogP contribution < -0.4 is 10.1 Å². The summed E-state index contributed by atoms with van der Waals surface area (Å²) in [4.78, 5) is 0. The van der Waals surface area contributed by atoms with E-state index in [-0.39, 0.29) is 24.6 Å². The van der Waals surface area contributed by atoms with E-state index < -0.39 is 11.7 Å². The van der Waals surface area contributed by atoms with Gasteiger partial charge in [-0.1, -0.05) is 6.07 Å². The number of hydrogen-bond donors (Lipinski definition) is 1. The van der Waals surface area contributed by atoms with Gasteiger partial charge in [-0.15, -0.1) is 12.4 Å². The van der Waals surface area contributed by atoms with Crippen LogP contribution in [0.4, 0.5) is 13.2 Å². The molecule has 0 amide bonds. The number of piperidine rings is 1. The Morgan fingerprint density at radius 1 is 1.28 bits per heavy atom. The zero-order valence-corrected chi connectivity index (χ0v) is 10.3. The third-order valence-corrected chi connectivity index (χ3v) is 3.36. The molecule has 1 saturated heterocycles. The summed E-state index contributed by atoms with van der Waals surface area (Å²) in [6, 6.07) is 3.82. The van der Waals surface area contributed by atoms with E-state index in [1.54, 1.807) is 0 Å². The van der Waals surface area contributed by atoms with Crippen molar-refractivity contribution >= 4 is 12.4 Å². The van der Waals surface area contributed by atoms with Gasteiger partial charge in [-0.2, -0.15) is 13.2 Å². The Labute approximate surface area is 109 Å². The molecule has 100 valence electrons. The lowest BCUT2D eigenvalue weighted by atomic mass is 9.96. The molecule has 0 bridgehead atoms. The average Bonchev–Trinajstić information content (AvgIpc) is 2.65. The molecule has 3 rings (SSSR count). The number of hydrogen-bond acceptors (Lipinski definition) is 2. The van der Waals surface area contributed by atoms with E-state index in [4.69, 9.17) is 4.74 Å². The van der Waals surface area contributed by atoms with Crippen molar-refractivity contribution in [2.75, 3.05) is 6.54 Å². The second-order valence-corrected chi connectivity index (χ2v) is 4.48. The Kier molecular flexibility index (Phi) is 3.47. The van der Waals surface area contributed by atoms with Gasteiger partial charge in [0.1, 0.15) is 11.9 Å². The number of halogens is 4. The normalized spacial score (nSPS) is 25.7. The lowest BCUT2D eigenvalue weighted by Gasteiger charge is -2.25. The van der Waals surface area contributed by atoms with Crippen molar-refractivity contribution in [2.45, 2.75) is 31.2 Å². The first-order chi connectivity index (χ1) is 8.05. The number of rotatable bonds is 0. The van der Waals surface area contributed by atoms with Crippen LogP contribution in [0.1, 0.15) is 30.0 Å². The first-order valence-corrected chi connectivity index (χ1v) is 5.67. The first-order valence-electron chi connectivity index (χ1n) is 5.67. The number of alkyl halides is 3. The largest absolute Gasteiger partial charge is 0.488 e. The molecule has 2 aliphatic rings. The second kappa shape index (κ2) is 4.63. The Hall–Kier alpha value is -0.940. The predicted molar refractivity (Wildman–Crippen MR) is 63.1 cm³/mol. The van der Waals surface area contributed by atoms with Gasteiger partial charge < -0.3 is 10.1 Å². The molecule has 0 saturated carbocycles. The van der Waals surface area contributed by atoms with E-state index in [0.717, 1.165) is 37.1 Å². The van der Waals surface area contributed by atoms with Crippen LogP contribution in [0.15, 0.2) is 18.2 Å². The third kappa shape index (κ3) is 2.17. The lowest BCUT2D eigenvalue weighted by Crippen LogP contribution is -2.36. The molecule has 2 nitrogen and oxygen atoms in total. The summed E-state index contributed by atoms with van der Waals surface area (Å²) < 4.78 is 43.3. The molecule has 2 atom stereocenters. The van der Waals surface area contributed by atoms with Gasteiger partial charge in [0.2, 0.25) is 0 Å². The molecule has 1 aromatic carbocycles. The minimum atomic E-state index is -4.31. The van der Waals surface area contributed by atoms with Gasteiger partial charge in [0.05, 0.1) is 11.6 Å². The van der Waals surface area contributed by atoms with E-state index in [1.165, 1.54) is 6.07 Å². The monoisotopic (exact) mass is 279 g/mol. The second-order valence-electron chi connectivity index (χ2n) is 4.48. The van der Waals surface area contributed by atoms with Gasteiger partial charge >= 0.3 is 6.18 Å². The Morgan fingerprint density at radius 2 is 2.06 bits per heavy atom. The van der Waals surface area contributed by atoms with Crippen molar-refractivity contribution < 1.29 is 17.9 Å². The molecule has 1 aromatic rings. The molecule has 2 aliphatic heterocycles. The molecule has 18 heavy (non-hydrogen) atoms. The van der Waals surface area contributed by atoms with Crippen LogP contribution in [0.2, 0.25) is 0 Å². The SMILES string of the molecule is Cl.FC(F)(F)c1ccc2c(c1)O[C@H]1CCCN[C@@H]21. The highest BCUT2D eigenvalue weighted by Gasteiger charge is 2.38. The minimum Gasteiger partial charge on any atom is -0.488 e. The van der Waals surface area contributed by atoms with Crippen LogP contribution in [0, 0.1) is 0 Å². The maximum Gasteiger partial charge on any atom is 0.416 e. The van der Waals surface area contributed by atoms with Crippen LogP contribution >= 0.6 is 12.4 Å². The summed E-state index contributed by atoms with van der Waals surface area (Å²) in [6.45, 7) is 0.894. The molecule has 6 heteroatoms. The van der Waals surface area contributed by atoms with Gasteiger partial charge in [-0.3, -0.25) is 0 Å². The van der Waals surface area contributed by atoms with Crippen LogP contribution in [0.5, 0.6) is 5.75 Å². The number of ether oxygens (including phenoxy) is 1. The zero-order valence-electron chi connectivity index (χ0n) is 9.46. The van der Waals surface area contributed by atoms with Gasteiger partial charge in [-0.25, -0.2) is 0 Å². The maximum absolute atomic E-state index is 12.6. The molecular formula is C12H13ClF3NO. The standard InChI is InChI=1S/C12H12F3NO.ClH/c13-12(14,15)7-3-4-8-10(6-7)17-9-2-1-5-16-11(8)9;/h3-4,6,9,11,16H,1-2,5H2;1H/t9-,11-;/m0./s1. The average molecular weight is 280 g/mol. The van der Waals surface area contributed by atoms with E-state index in [9.17, 15) is 13.2 Å². The number of fused-ring (bicyclic) bond motifs is 3. The summed E-state index contributed by atoms with van der Waals surface area (Å²) in [5.41, 5.74) is 0.206. The van der Waals surface area contributed by atoms with Crippen molar-refractivity contribution in [1.29, 1.82) is 0 Å². The first kappa shape index (κ1) is 13.5. The van der Waals surface area contributed by atoms with Gasteiger partial charge in [0, 0.05) is 5.56 Å². The highest BCUT2D eigenvalue weighted by atomic mass is 35.5. The Balaban J connectivity index is 0.00000120. The summed E-state index contributed by atoms with van der Waals surface area (Å²) in [5, 5.41) is 3.29. The summed E-state index contributed by atoms with van der Waals surface area (Å²) in [5.74, 6) is 0.379. The smallest absolute Gasteiger partial charge is 0.416 e. The zero-order chi connectivity index (χ0) is 12.0. The highest BCUT2D eigenvalue weighted by Crippen LogP contribution is 2.42. The van der Waals surface area contributed by atoms with Gasteiger partial charge in [-0.05, 0) is 31.5 Å². The molecule has 0 aromatic heterocycles. The predicted octanol–water partition coefficient (Wildman–Crippen LogP) is 3.31. The molecule has 0 aliphatic carbocycles. The molecule has 0 spiro atoms. The summed E-state index contributed by atoms with van der Waals surface area (Å²) >= 11 is 0. The number of benzene rings is 1. The number of nitrogens with one attached hydrogen (secondary N) is 1. The van der Waals surface area contributed by atoms with Crippen LogP contribution in [0.3, 0.4) is 0 Å². The molecular weight excluding hydrogens is 267 g/mol. The van der Waals surface area contributed by atoms with Crippen LogP contribution in [-0.4, -0.2) is 12.6 Å². The molecule has 0 unspecified atom stereocenters. The van der Waals surface area contributed by atoms with Crippen LogP contribution in [0.25, 0.3) is 0 Å². The van der Waals surface area contributed by atoms with Crippen molar-refractivity contribution in [3.63, 3.8) is 0 Å². The van der Waals surface area contributed by atoms with Crippen molar-refractivity contribution in [1.82, 2.24) is 5.32 Å². The summed E-state index contributed by atoms with van der Waals surface area (Å²) in [7, 11) is 0. The fraction of sp³-hybridized carbons (Fsp3) is 0.500. The van der Waals surface area contributed by atoms with E-state index >= 15 is 0 Å². The lowest BCUT2D eigenvalue weighted by molar-refractivity contribution is -0.137. The third-order valence-electron chi connectivity index (χ3n) is 3.36. The van der Waals surface area contributed by atoms with Crippen molar-refractivity contribution in [3.05, 3.63) is 29.3 Å². The fourth-order valence-electron chi connectivity index (χ4n) is 2.53. The van der Waals surface area contributed by atoms with E-state index in [2.05, 4.69) is 5.32 Å². The topological polar surface area (TPSA) is 21.3 Å². The van der Waals surface area contributed by atoms with Gasteiger partial charge in [0.15, 0.2) is 0 Å². The van der Waals surface area contributed by atoms with Crippen molar-refractivity contribution in [3.8, 4) is 5.75 Å². The summed E-state index contributed by atoms with van der Waals surface area (Å²) in [6.07, 6.45) is -2.42. The Bertz CT molecular complexity index is 449.